The number of ether oxygens (including phenoxy) is 1. The zero-order valence-corrected chi connectivity index (χ0v) is 15.8. The van der Waals surface area contributed by atoms with Crippen molar-refractivity contribution in [2.45, 2.75) is 20.0 Å². The van der Waals surface area contributed by atoms with Crippen molar-refractivity contribution in [1.82, 2.24) is 4.90 Å². The van der Waals surface area contributed by atoms with Crippen LogP contribution in [0.2, 0.25) is 0 Å². The zero-order valence-electron chi connectivity index (χ0n) is 15.8. The average molecular weight is 371 g/mol. The summed E-state index contributed by atoms with van der Waals surface area (Å²) in [5.41, 5.74) is 1.78. The van der Waals surface area contributed by atoms with Crippen molar-refractivity contribution in [2.24, 2.45) is 0 Å². The molecule has 0 radical (unpaired) electrons. The molecule has 27 heavy (non-hydrogen) atoms. The Morgan fingerprint density at radius 1 is 1.04 bits per heavy atom. The lowest BCUT2D eigenvalue weighted by Crippen LogP contribution is -2.48. The molecule has 0 unspecified atom stereocenters. The predicted molar refractivity (Wildman–Crippen MR) is 106 cm³/mol. The molecule has 144 valence electrons. The number of amides is 1. The third-order valence-electron chi connectivity index (χ3n) is 4.44. The smallest absolute Gasteiger partial charge is 0.238 e. The molecule has 2 aromatic carbocycles. The van der Waals surface area contributed by atoms with Gasteiger partial charge in [0.15, 0.2) is 0 Å². The van der Waals surface area contributed by atoms with E-state index in [4.69, 9.17) is 4.74 Å². The monoisotopic (exact) mass is 371 g/mol. The van der Waals surface area contributed by atoms with Gasteiger partial charge in [-0.25, -0.2) is 4.39 Å². The number of piperazine rings is 1. The first-order valence-electron chi connectivity index (χ1n) is 9.29. The molecule has 0 atom stereocenters. The zero-order chi connectivity index (χ0) is 19.2. The molecular formula is C21H26FN3O2. The highest BCUT2D eigenvalue weighted by Crippen LogP contribution is 2.18. The van der Waals surface area contributed by atoms with Crippen molar-refractivity contribution in [3.63, 3.8) is 0 Å². The summed E-state index contributed by atoms with van der Waals surface area (Å²) in [5.74, 6) is 0.542. The maximum absolute atomic E-state index is 13.0. The van der Waals surface area contributed by atoms with E-state index < -0.39 is 0 Å². The van der Waals surface area contributed by atoms with Gasteiger partial charge < -0.3 is 15.0 Å². The van der Waals surface area contributed by atoms with Crippen LogP contribution >= 0.6 is 0 Å². The summed E-state index contributed by atoms with van der Waals surface area (Å²) in [6.07, 6.45) is 0.124. The van der Waals surface area contributed by atoms with Gasteiger partial charge in [0.2, 0.25) is 5.91 Å². The Morgan fingerprint density at radius 3 is 2.26 bits per heavy atom. The summed E-state index contributed by atoms with van der Waals surface area (Å²) in [5, 5.41) is 2.93. The molecule has 1 saturated heterocycles. The van der Waals surface area contributed by atoms with E-state index in [-0.39, 0.29) is 17.8 Å². The molecule has 0 aromatic heterocycles. The van der Waals surface area contributed by atoms with Crippen LogP contribution in [0.3, 0.4) is 0 Å². The largest absolute Gasteiger partial charge is 0.491 e. The van der Waals surface area contributed by atoms with E-state index in [0.29, 0.717) is 6.54 Å². The van der Waals surface area contributed by atoms with Gasteiger partial charge in [-0.15, -0.1) is 0 Å². The normalized spacial score (nSPS) is 15.0. The van der Waals surface area contributed by atoms with E-state index in [1.807, 2.05) is 38.1 Å². The fourth-order valence-corrected chi connectivity index (χ4v) is 3.11. The van der Waals surface area contributed by atoms with Gasteiger partial charge >= 0.3 is 0 Å². The van der Waals surface area contributed by atoms with Crippen molar-refractivity contribution < 1.29 is 13.9 Å². The van der Waals surface area contributed by atoms with Crippen molar-refractivity contribution in [1.29, 1.82) is 0 Å². The third-order valence-corrected chi connectivity index (χ3v) is 4.44. The second kappa shape index (κ2) is 8.86. The standard InChI is InChI=1S/C21H26FN3O2/c1-16(2)27-20-9-5-18(6-10-20)23-21(26)15-24-11-13-25(14-12-24)19-7-3-17(22)4-8-19/h3-10,16H,11-15H2,1-2H3,(H,23,26). The first-order chi connectivity index (χ1) is 13.0. The Hall–Kier alpha value is -2.60. The quantitative estimate of drug-likeness (QED) is 0.846. The molecule has 1 fully saturated rings. The molecule has 5 nitrogen and oxygen atoms in total. The Morgan fingerprint density at radius 2 is 1.67 bits per heavy atom. The number of nitrogens with one attached hydrogen (secondary N) is 1. The maximum Gasteiger partial charge on any atom is 0.238 e. The fourth-order valence-electron chi connectivity index (χ4n) is 3.11. The van der Waals surface area contributed by atoms with Crippen LogP contribution in [-0.2, 0) is 4.79 Å². The molecule has 1 amide bonds. The highest BCUT2D eigenvalue weighted by molar-refractivity contribution is 5.92. The van der Waals surface area contributed by atoms with Gasteiger partial charge in [0, 0.05) is 37.6 Å². The number of carbonyl (C=O) groups is 1. The van der Waals surface area contributed by atoms with E-state index in [9.17, 15) is 9.18 Å². The average Bonchev–Trinajstić information content (AvgIpc) is 2.64. The molecule has 3 rings (SSSR count). The summed E-state index contributed by atoms with van der Waals surface area (Å²) in [7, 11) is 0. The maximum atomic E-state index is 13.0. The van der Waals surface area contributed by atoms with Crippen LogP contribution < -0.4 is 15.0 Å². The lowest BCUT2D eigenvalue weighted by molar-refractivity contribution is -0.117. The summed E-state index contributed by atoms with van der Waals surface area (Å²) >= 11 is 0. The molecule has 1 heterocycles. The molecule has 1 N–H and O–H groups in total. The van der Waals surface area contributed by atoms with Crippen molar-refractivity contribution in [3.8, 4) is 5.75 Å². The highest BCUT2D eigenvalue weighted by Gasteiger charge is 2.19. The van der Waals surface area contributed by atoms with Gasteiger partial charge in [-0.05, 0) is 62.4 Å². The Kier molecular flexibility index (Phi) is 6.29. The fraction of sp³-hybridized carbons (Fsp3) is 0.381. The number of rotatable bonds is 6. The molecule has 2 aromatic rings. The van der Waals surface area contributed by atoms with Crippen LogP contribution in [0.5, 0.6) is 5.75 Å². The van der Waals surface area contributed by atoms with Gasteiger partial charge in [0.1, 0.15) is 11.6 Å². The van der Waals surface area contributed by atoms with Crippen LogP contribution in [-0.4, -0.2) is 49.6 Å². The van der Waals surface area contributed by atoms with Crippen LogP contribution in [0.4, 0.5) is 15.8 Å². The third kappa shape index (κ3) is 5.69. The number of benzene rings is 2. The number of nitrogens with zero attached hydrogens (tertiary/aromatic N) is 2. The number of hydrogen-bond donors (Lipinski definition) is 1. The van der Waals surface area contributed by atoms with Crippen molar-refractivity contribution in [3.05, 3.63) is 54.3 Å². The molecule has 1 aliphatic heterocycles. The number of halogens is 1. The molecule has 0 spiro atoms. The van der Waals surface area contributed by atoms with Crippen molar-refractivity contribution >= 4 is 17.3 Å². The number of hydrogen-bond acceptors (Lipinski definition) is 4. The topological polar surface area (TPSA) is 44.8 Å². The second-order valence-corrected chi connectivity index (χ2v) is 6.98. The minimum atomic E-state index is -0.224. The molecular weight excluding hydrogens is 345 g/mol. The Bertz CT molecular complexity index is 739. The number of carbonyl (C=O) groups excluding carboxylic acids is 1. The minimum Gasteiger partial charge on any atom is -0.491 e. The lowest BCUT2D eigenvalue weighted by atomic mass is 10.2. The summed E-state index contributed by atoms with van der Waals surface area (Å²) in [4.78, 5) is 16.6. The van der Waals surface area contributed by atoms with Crippen LogP contribution in [0.15, 0.2) is 48.5 Å². The van der Waals surface area contributed by atoms with E-state index in [1.54, 1.807) is 12.1 Å². The summed E-state index contributed by atoms with van der Waals surface area (Å²) < 4.78 is 18.6. The van der Waals surface area contributed by atoms with Crippen LogP contribution in [0.1, 0.15) is 13.8 Å². The summed E-state index contributed by atoms with van der Waals surface area (Å²) in [6, 6.07) is 14.0. The first-order valence-corrected chi connectivity index (χ1v) is 9.29. The van der Waals surface area contributed by atoms with Crippen LogP contribution in [0.25, 0.3) is 0 Å². The van der Waals surface area contributed by atoms with Gasteiger partial charge in [0.25, 0.3) is 0 Å². The SMILES string of the molecule is CC(C)Oc1ccc(NC(=O)CN2CCN(c3ccc(F)cc3)CC2)cc1. The minimum absolute atomic E-state index is 0.0252. The Labute approximate surface area is 159 Å². The lowest BCUT2D eigenvalue weighted by Gasteiger charge is -2.35. The van der Waals surface area contributed by atoms with Crippen LogP contribution in [0, 0.1) is 5.82 Å². The van der Waals surface area contributed by atoms with Gasteiger partial charge in [0.05, 0.1) is 12.6 Å². The first kappa shape index (κ1) is 19.2. The Balaban J connectivity index is 1.44. The number of anilines is 2. The molecule has 0 saturated carbocycles. The molecule has 6 heteroatoms. The van der Waals surface area contributed by atoms with E-state index >= 15 is 0 Å². The molecule has 0 aliphatic carbocycles. The summed E-state index contributed by atoms with van der Waals surface area (Å²) in [6.45, 7) is 7.55. The van der Waals surface area contributed by atoms with Crippen molar-refractivity contribution in [2.75, 3.05) is 42.9 Å². The second-order valence-electron chi connectivity index (χ2n) is 6.98. The predicted octanol–water partition coefficient (Wildman–Crippen LogP) is 3.37. The van der Waals surface area contributed by atoms with E-state index in [2.05, 4.69) is 15.1 Å². The van der Waals surface area contributed by atoms with Gasteiger partial charge in [-0.3, -0.25) is 9.69 Å². The molecule has 0 bridgehead atoms. The van der Waals surface area contributed by atoms with Gasteiger partial charge in [-0.1, -0.05) is 0 Å². The highest BCUT2D eigenvalue weighted by atomic mass is 19.1. The van der Waals surface area contributed by atoms with E-state index in [1.165, 1.54) is 12.1 Å². The van der Waals surface area contributed by atoms with Gasteiger partial charge in [-0.2, -0.15) is 0 Å². The molecule has 1 aliphatic rings. The van der Waals surface area contributed by atoms with E-state index in [0.717, 1.165) is 43.3 Å².